The van der Waals surface area contributed by atoms with Crippen LogP contribution >= 0.6 is 12.2 Å². The van der Waals surface area contributed by atoms with Gasteiger partial charge in [-0.25, -0.2) is 0 Å². The Bertz CT molecular complexity index is 903. The second-order valence-electron chi connectivity index (χ2n) is 6.63. The van der Waals surface area contributed by atoms with Crippen LogP contribution in [-0.2, 0) is 4.79 Å². The van der Waals surface area contributed by atoms with Crippen LogP contribution in [0.4, 0.5) is 0 Å². The van der Waals surface area contributed by atoms with Gasteiger partial charge in [0.2, 0.25) is 10.5 Å². The number of ether oxygens (including phenoxy) is 3. The lowest BCUT2D eigenvalue weighted by Crippen LogP contribution is -2.10. The lowest BCUT2D eigenvalue weighted by molar-refractivity contribution is -0.132. The molecule has 1 heterocycles. The van der Waals surface area contributed by atoms with E-state index < -0.39 is 5.97 Å². The van der Waals surface area contributed by atoms with Crippen LogP contribution in [0.3, 0.4) is 0 Å². The van der Waals surface area contributed by atoms with Gasteiger partial charge in [0, 0.05) is 18.4 Å². The largest absolute Gasteiger partial charge is 0.493 e. The minimum absolute atomic E-state index is 0.234. The molecular weight excluding hydrogens is 380 g/mol. The minimum atomic E-state index is -0.458. The number of benzene rings is 1. The van der Waals surface area contributed by atoms with Crippen LogP contribution in [-0.4, -0.2) is 41.3 Å². The van der Waals surface area contributed by atoms with Gasteiger partial charge in [-0.05, 0) is 37.2 Å². The molecule has 1 aromatic heterocycles. The van der Waals surface area contributed by atoms with Gasteiger partial charge in [0.05, 0.1) is 20.4 Å². The van der Waals surface area contributed by atoms with E-state index in [1.807, 2.05) is 0 Å². The van der Waals surface area contributed by atoms with Crippen LogP contribution < -0.4 is 14.2 Å². The van der Waals surface area contributed by atoms with Gasteiger partial charge in [0.25, 0.3) is 0 Å². The van der Waals surface area contributed by atoms with Gasteiger partial charge in [-0.15, -0.1) is 0 Å². The second kappa shape index (κ2) is 9.01. The second-order valence-corrected chi connectivity index (χ2v) is 7.01. The van der Waals surface area contributed by atoms with E-state index >= 15 is 0 Å². The highest BCUT2D eigenvalue weighted by molar-refractivity contribution is 7.71. The number of carbonyl (C=O) groups is 1. The number of esters is 1. The Morgan fingerprint density at radius 2 is 1.89 bits per heavy atom. The molecule has 0 atom stereocenters. The van der Waals surface area contributed by atoms with Crippen LogP contribution in [0.25, 0.3) is 0 Å². The van der Waals surface area contributed by atoms with Gasteiger partial charge >= 0.3 is 5.97 Å². The molecule has 8 nitrogen and oxygen atoms in total. The summed E-state index contributed by atoms with van der Waals surface area (Å²) in [5.74, 6) is 1.74. The molecular formula is C19H24N4O4S. The summed E-state index contributed by atoms with van der Waals surface area (Å²) in [5, 5.41) is 11.8. The third-order valence-corrected chi connectivity index (χ3v) is 4.96. The van der Waals surface area contributed by atoms with E-state index in [1.165, 1.54) is 40.4 Å². The Balaban J connectivity index is 1.93. The molecule has 0 unspecified atom stereocenters. The number of rotatable bonds is 6. The molecule has 0 aliphatic heterocycles. The summed E-state index contributed by atoms with van der Waals surface area (Å²) in [6.07, 6.45) is 7.49. The number of aromatic amines is 1. The van der Waals surface area contributed by atoms with Gasteiger partial charge in [-0.2, -0.15) is 14.9 Å². The van der Waals surface area contributed by atoms with Crippen molar-refractivity contribution in [2.75, 3.05) is 14.2 Å². The number of nitrogens with one attached hydrogen (secondary N) is 1. The van der Waals surface area contributed by atoms with E-state index in [0.29, 0.717) is 27.8 Å². The van der Waals surface area contributed by atoms with Crippen molar-refractivity contribution < 1.29 is 19.0 Å². The average molecular weight is 404 g/mol. The predicted molar refractivity (Wildman–Crippen MR) is 107 cm³/mol. The number of nitrogens with zero attached hydrogens (tertiary/aromatic N) is 3. The molecule has 1 fully saturated rings. The van der Waals surface area contributed by atoms with Crippen molar-refractivity contribution in [1.82, 2.24) is 14.9 Å². The van der Waals surface area contributed by atoms with E-state index in [-0.39, 0.29) is 5.75 Å². The fourth-order valence-corrected chi connectivity index (χ4v) is 3.57. The quantitative estimate of drug-likeness (QED) is 0.341. The van der Waals surface area contributed by atoms with Crippen molar-refractivity contribution in [3.8, 4) is 17.2 Å². The number of hydrogen-bond donors (Lipinski definition) is 1. The van der Waals surface area contributed by atoms with Crippen LogP contribution in [0, 0.1) is 4.77 Å². The fourth-order valence-electron chi connectivity index (χ4n) is 3.38. The maximum Gasteiger partial charge on any atom is 0.308 e. The van der Waals surface area contributed by atoms with Crippen LogP contribution in [0.5, 0.6) is 17.2 Å². The molecule has 0 spiro atoms. The molecule has 1 N–H and O–H groups in total. The molecule has 2 aromatic rings. The van der Waals surface area contributed by atoms with Gasteiger partial charge in [0.1, 0.15) is 0 Å². The van der Waals surface area contributed by atoms with E-state index in [2.05, 4.69) is 15.3 Å². The maximum atomic E-state index is 11.4. The van der Waals surface area contributed by atoms with Crippen molar-refractivity contribution in [2.24, 2.45) is 5.10 Å². The van der Waals surface area contributed by atoms with Crippen molar-refractivity contribution in [3.05, 3.63) is 28.3 Å². The summed E-state index contributed by atoms with van der Waals surface area (Å²) in [4.78, 5) is 11.4. The first-order valence-electron chi connectivity index (χ1n) is 9.19. The molecule has 0 radical (unpaired) electrons. The Hall–Kier alpha value is -2.68. The standard InChI is InChI=1S/C19H24N4O4S/c1-12(24)27-17-15(25-2)9-13(10-16(17)26-3)11-20-23-18(21-22-19(23)28)14-7-5-4-6-8-14/h9-11,14H,4-8H2,1-3H3,(H,22,28). The molecule has 9 heteroatoms. The smallest absolute Gasteiger partial charge is 0.308 e. The molecule has 1 aliphatic carbocycles. The zero-order valence-corrected chi connectivity index (χ0v) is 17.0. The number of methoxy groups -OCH3 is 2. The average Bonchev–Trinajstić information content (AvgIpc) is 3.07. The number of carbonyl (C=O) groups excluding carboxylic acids is 1. The highest BCUT2D eigenvalue weighted by atomic mass is 32.1. The summed E-state index contributed by atoms with van der Waals surface area (Å²) in [6, 6.07) is 3.43. The van der Waals surface area contributed by atoms with E-state index in [4.69, 9.17) is 26.4 Å². The summed E-state index contributed by atoms with van der Waals surface area (Å²) in [7, 11) is 2.99. The zero-order chi connectivity index (χ0) is 20.1. The zero-order valence-electron chi connectivity index (χ0n) is 16.2. The number of H-pyrrole nitrogens is 1. The lowest BCUT2D eigenvalue weighted by Gasteiger charge is -2.19. The SMILES string of the molecule is COc1cc(C=Nn2c(C3CCCCC3)n[nH]c2=S)cc(OC)c1OC(C)=O. The maximum absolute atomic E-state index is 11.4. The normalized spacial score (nSPS) is 15.0. The third-order valence-electron chi connectivity index (χ3n) is 4.70. The Morgan fingerprint density at radius 1 is 1.25 bits per heavy atom. The molecule has 1 aromatic carbocycles. The molecule has 0 saturated heterocycles. The molecule has 0 bridgehead atoms. The molecule has 1 saturated carbocycles. The Labute approximate surface area is 168 Å². The first-order chi connectivity index (χ1) is 13.5. The van der Waals surface area contributed by atoms with Gasteiger partial charge < -0.3 is 14.2 Å². The van der Waals surface area contributed by atoms with E-state index in [0.717, 1.165) is 18.7 Å². The monoisotopic (exact) mass is 404 g/mol. The van der Waals surface area contributed by atoms with Gasteiger partial charge in [-0.1, -0.05) is 19.3 Å². The van der Waals surface area contributed by atoms with E-state index in [1.54, 1.807) is 23.0 Å². The predicted octanol–water partition coefficient (Wildman–Crippen LogP) is 3.81. The third kappa shape index (κ3) is 4.41. The summed E-state index contributed by atoms with van der Waals surface area (Å²) in [6.45, 7) is 1.32. The molecule has 1 aliphatic rings. The van der Waals surface area contributed by atoms with E-state index in [9.17, 15) is 4.79 Å². The molecule has 150 valence electrons. The summed E-state index contributed by atoms with van der Waals surface area (Å²) in [5.41, 5.74) is 0.710. The summed E-state index contributed by atoms with van der Waals surface area (Å²) < 4.78 is 18.0. The number of hydrogen-bond acceptors (Lipinski definition) is 7. The minimum Gasteiger partial charge on any atom is -0.493 e. The fraction of sp³-hybridized carbons (Fsp3) is 0.474. The Kier molecular flexibility index (Phi) is 6.45. The Morgan fingerprint density at radius 3 is 2.46 bits per heavy atom. The first kappa shape index (κ1) is 20.1. The van der Waals surface area contributed by atoms with Crippen LogP contribution in [0.1, 0.15) is 56.3 Å². The van der Waals surface area contributed by atoms with Crippen molar-refractivity contribution >= 4 is 24.4 Å². The molecule has 0 amide bonds. The van der Waals surface area contributed by atoms with Crippen molar-refractivity contribution in [3.63, 3.8) is 0 Å². The highest BCUT2D eigenvalue weighted by Crippen LogP contribution is 2.38. The molecule has 28 heavy (non-hydrogen) atoms. The summed E-state index contributed by atoms with van der Waals surface area (Å²) >= 11 is 5.35. The topological polar surface area (TPSA) is 90.7 Å². The highest BCUT2D eigenvalue weighted by Gasteiger charge is 2.21. The number of aromatic nitrogens is 3. The lowest BCUT2D eigenvalue weighted by atomic mass is 9.89. The van der Waals surface area contributed by atoms with Crippen LogP contribution in [0.15, 0.2) is 17.2 Å². The van der Waals surface area contributed by atoms with Crippen molar-refractivity contribution in [1.29, 1.82) is 0 Å². The first-order valence-corrected chi connectivity index (χ1v) is 9.60. The van der Waals surface area contributed by atoms with Crippen LogP contribution in [0.2, 0.25) is 0 Å². The molecule has 3 rings (SSSR count). The van der Waals surface area contributed by atoms with Gasteiger partial charge in [0.15, 0.2) is 17.3 Å². The van der Waals surface area contributed by atoms with Crippen molar-refractivity contribution in [2.45, 2.75) is 44.9 Å². The van der Waals surface area contributed by atoms with Gasteiger partial charge in [-0.3, -0.25) is 9.89 Å².